The molecule has 0 spiro atoms. The number of ether oxygens (including phenoxy) is 3. The molecule has 7 N–H and O–H groups in total. The zero-order chi connectivity index (χ0) is 35.9. The molecule has 0 aromatic rings. The Morgan fingerprint density at radius 2 is 1.28 bits per heavy atom. The summed E-state index contributed by atoms with van der Waals surface area (Å²) in [5, 5.41) is 29.2. The molecule has 0 saturated heterocycles. The summed E-state index contributed by atoms with van der Waals surface area (Å²) in [5.41, 5.74) is -1.44. The molecule has 0 bridgehead atoms. The number of nitrogens with one attached hydrogen (secondary N) is 5. The molecule has 0 radical (unpaired) electrons. The maximum absolute atomic E-state index is 12.5. The number of guanidine groups is 1. The van der Waals surface area contributed by atoms with Gasteiger partial charge in [0.25, 0.3) is 0 Å². The second-order valence-corrected chi connectivity index (χ2v) is 12.3. The highest BCUT2D eigenvalue weighted by Crippen LogP contribution is 2.11. The quantitative estimate of drug-likeness (QED) is 0.0481. The van der Waals surface area contributed by atoms with Crippen LogP contribution in [0.15, 0.2) is 4.99 Å². The molecule has 0 rings (SSSR count). The third-order valence-corrected chi connectivity index (χ3v) is 5.50. The highest BCUT2D eigenvalue weighted by Gasteiger charge is 2.22. The van der Waals surface area contributed by atoms with E-state index in [-0.39, 0.29) is 38.1 Å². The van der Waals surface area contributed by atoms with E-state index in [0.717, 1.165) is 12.8 Å². The summed E-state index contributed by atoms with van der Waals surface area (Å²) in [6.45, 7) is 11.6. The average Bonchev–Trinajstić information content (AvgIpc) is 2.91. The minimum atomic E-state index is -1.38. The first-order chi connectivity index (χ1) is 21.9. The van der Waals surface area contributed by atoms with Crippen LogP contribution in [0.25, 0.3) is 0 Å². The molecule has 0 aliphatic heterocycles. The van der Waals surface area contributed by atoms with Crippen molar-refractivity contribution >= 4 is 42.3 Å². The van der Waals surface area contributed by atoms with E-state index >= 15 is 0 Å². The molecular formula is C29H53N7O11. The van der Waals surface area contributed by atoms with Gasteiger partial charge in [0.1, 0.15) is 11.2 Å². The molecule has 0 aliphatic carbocycles. The first-order valence-corrected chi connectivity index (χ1v) is 15.5. The lowest BCUT2D eigenvalue weighted by Crippen LogP contribution is -2.45. The molecular weight excluding hydrogens is 622 g/mol. The molecule has 0 aliphatic rings. The van der Waals surface area contributed by atoms with E-state index in [2.05, 4.69) is 26.3 Å². The van der Waals surface area contributed by atoms with Gasteiger partial charge in [0, 0.05) is 32.7 Å². The number of nitrogens with zero attached hydrogens (tertiary/aromatic N) is 2. The first kappa shape index (κ1) is 42.5. The molecule has 18 heteroatoms. The molecule has 0 unspecified atom stereocenters. The SMILES string of the molecule is CC(C)(C)OC(=O)NC(=NCCCCCCNC(=O)CNC(=O)OCCCCN(CCCNC(=O)O)C(=O)OC(C)(C)C)NC(=O)O. The van der Waals surface area contributed by atoms with Crippen LogP contribution < -0.4 is 26.6 Å². The predicted molar refractivity (Wildman–Crippen MR) is 171 cm³/mol. The Morgan fingerprint density at radius 3 is 1.89 bits per heavy atom. The number of rotatable bonds is 18. The number of amides is 6. The van der Waals surface area contributed by atoms with Crippen molar-refractivity contribution in [3.63, 3.8) is 0 Å². The molecule has 0 heterocycles. The molecule has 0 aromatic carbocycles. The van der Waals surface area contributed by atoms with Crippen molar-refractivity contribution in [2.75, 3.05) is 45.9 Å². The lowest BCUT2D eigenvalue weighted by Gasteiger charge is -2.27. The van der Waals surface area contributed by atoms with Crippen molar-refractivity contribution < 1.29 is 53.2 Å². The number of hydrogen-bond acceptors (Lipinski definition) is 10. The Balaban J connectivity index is 4.17. The number of aliphatic imine (C=N–C) groups is 1. The van der Waals surface area contributed by atoms with Crippen molar-refractivity contribution in [1.29, 1.82) is 0 Å². The van der Waals surface area contributed by atoms with E-state index in [4.69, 9.17) is 24.4 Å². The maximum atomic E-state index is 12.5. The van der Waals surface area contributed by atoms with Gasteiger partial charge in [-0.25, -0.2) is 24.0 Å². The normalized spacial score (nSPS) is 11.5. The van der Waals surface area contributed by atoms with Gasteiger partial charge in [0.2, 0.25) is 11.9 Å². The average molecular weight is 676 g/mol. The summed E-state index contributed by atoms with van der Waals surface area (Å²) in [5.74, 6) is -0.607. The van der Waals surface area contributed by atoms with Crippen LogP contribution in [-0.2, 0) is 19.0 Å². The van der Waals surface area contributed by atoms with Crippen molar-refractivity contribution in [1.82, 2.24) is 31.5 Å². The maximum Gasteiger partial charge on any atom is 0.414 e. The zero-order valence-electron chi connectivity index (χ0n) is 28.4. The fourth-order valence-electron chi connectivity index (χ4n) is 3.54. The van der Waals surface area contributed by atoms with Gasteiger partial charge in [-0.3, -0.25) is 20.4 Å². The Morgan fingerprint density at radius 1 is 0.660 bits per heavy atom. The van der Waals surface area contributed by atoms with Crippen LogP contribution >= 0.6 is 0 Å². The standard InChI is InChI=1S/C29H53N7O11/c1-28(2,3)46-26(43)35-22(34-24(40)41)31-15-10-8-7-9-14-30-21(37)20-33-25(42)45-19-12-11-17-36(18-13-16-32-23(38)39)27(44)47-29(4,5)6/h32H,7-20H2,1-6H3,(H,30,37)(H,33,42)(H,38,39)(H,40,41)(H2,31,34,35,43). The van der Waals surface area contributed by atoms with Crippen molar-refractivity contribution in [2.24, 2.45) is 4.99 Å². The smallest absolute Gasteiger partial charge is 0.414 e. The van der Waals surface area contributed by atoms with Gasteiger partial charge in [-0.2, -0.15) is 0 Å². The van der Waals surface area contributed by atoms with Gasteiger partial charge in [0.15, 0.2) is 0 Å². The number of alkyl carbamates (subject to hydrolysis) is 2. The summed E-state index contributed by atoms with van der Waals surface area (Å²) in [4.78, 5) is 75.3. The van der Waals surface area contributed by atoms with Crippen LogP contribution in [0, 0.1) is 0 Å². The number of carboxylic acid groups (broad SMARTS) is 2. The molecule has 47 heavy (non-hydrogen) atoms. The molecule has 6 amide bonds. The molecule has 0 aromatic heterocycles. The first-order valence-electron chi connectivity index (χ1n) is 15.5. The van der Waals surface area contributed by atoms with Gasteiger partial charge >= 0.3 is 30.5 Å². The van der Waals surface area contributed by atoms with Gasteiger partial charge in [-0.05, 0) is 73.6 Å². The molecule has 0 saturated carbocycles. The second kappa shape index (κ2) is 22.9. The highest BCUT2D eigenvalue weighted by molar-refractivity contribution is 6.00. The number of carbonyl (C=O) groups is 6. The summed E-state index contributed by atoms with van der Waals surface area (Å²) < 4.78 is 15.6. The van der Waals surface area contributed by atoms with Gasteiger partial charge in [0.05, 0.1) is 13.2 Å². The van der Waals surface area contributed by atoms with Crippen LogP contribution in [0.5, 0.6) is 0 Å². The lowest BCUT2D eigenvalue weighted by molar-refractivity contribution is -0.120. The van der Waals surface area contributed by atoms with E-state index in [0.29, 0.717) is 51.7 Å². The van der Waals surface area contributed by atoms with Crippen LogP contribution in [0.1, 0.15) is 86.5 Å². The topological polar surface area (TPSA) is 246 Å². The fraction of sp³-hybridized carbons (Fsp3) is 0.759. The van der Waals surface area contributed by atoms with E-state index in [1.165, 1.54) is 4.90 Å². The van der Waals surface area contributed by atoms with Crippen LogP contribution in [-0.4, -0.2) is 115 Å². The Hall–Kier alpha value is -4.51. The number of unbranched alkanes of at least 4 members (excludes halogenated alkanes) is 4. The molecule has 0 atom stereocenters. The number of carbonyl (C=O) groups excluding carboxylic acids is 4. The summed E-state index contributed by atoms with van der Waals surface area (Å²) in [6, 6.07) is 0. The van der Waals surface area contributed by atoms with Gasteiger partial charge in [-0.1, -0.05) is 12.8 Å². The molecule has 18 nitrogen and oxygen atoms in total. The largest absolute Gasteiger partial charge is 0.465 e. The molecule has 0 fully saturated rings. The van der Waals surface area contributed by atoms with Crippen LogP contribution in [0.2, 0.25) is 0 Å². The molecule has 270 valence electrons. The van der Waals surface area contributed by atoms with Crippen molar-refractivity contribution in [3.05, 3.63) is 0 Å². The van der Waals surface area contributed by atoms with E-state index in [1.54, 1.807) is 41.5 Å². The van der Waals surface area contributed by atoms with Crippen LogP contribution in [0.4, 0.5) is 24.0 Å². The third kappa shape index (κ3) is 27.5. The van der Waals surface area contributed by atoms with E-state index in [1.807, 2.05) is 5.32 Å². The summed E-state index contributed by atoms with van der Waals surface area (Å²) in [7, 11) is 0. The Labute approximate surface area is 275 Å². The summed E-state index contributed by atoms with van der Waals surface area (Å²) >= 11 is 0. The van der Waals surface area contributed by atoms with Crippen molar-refractivity contribution in [3.8, 4) is 0 Å². The van der Waals surface area contributed by atoms with Crippen LogP contribution in [0.3, 0.4) is 0 Å². The Bertz CT molecular complexity index is 1040. The monoisotopic (exact) mass is 675 g/mol. The predicted octanol–water partition coefficient (Wildman–Crippen LogP) is 3.21. The van der Waals surface area contributed by atoms with Gasteiger partial charge < -0.3 is 45.3 Å². The summed E-state index contributed by atoms with van der Waals surface area (Å²) in [6.07, 6.45) is -0.439. The second-order valence-electron chi connectivity index (χ2n) is 12.3. The van der Waals surface area contributed by atoms with E-state index in [9.17, 15) is 28.8 Å². The minimum absolute atomic E-state index is 0.0746. The highest BCUT2D eigenvalue weighted by atomic mass is 16.6. The lowest BCUT2D eigenvalue weighted by atomic mass is 10.2. The number of hydrogen-bond donors (Lipinski definition) is 7. The minimum Gasteiger partial charge on any atom is -0.465 e. The Kier molecular flexibility index (Phi) is 20.7. The third-order valence-electron chi connectivity index (χ3n) is 5.50. The zero-order valence-corrected chi connectivity index (χ0v) is 28.4. The van der Waals surface area contributed by atoms with Gasteiger partial charge in [-0.15, -0.1) is 0 Å². The van der Waals surface area contributed by atoms with E-state index < -0.39 is 41.7 Å². The fourth-order valence-corrected chi connectivity index (χ4v) is 3.54. The van der Waals surface area contributed by atoms with Crippen molar-refractivity contribution in [2.45, 2.75) is 97.7 Å².